The van der Waals surface area contributed by atoms with Gasteiger partial charge in [-0.1, -0.05) is 53.7 Å². The molecule has 0 radical (unpaired) electrons. The molecule has 8 heteroatoms. The van der Waals surface area contributed by atoms with Crippen LogP contribution in [0.3, 0.4) is 0 Å². The molecule has 3 rings (SSSR count). The number of carbonyl (C=O) groups is 1. The Morgan fingerprint density at radius 3 is 2.68 bits per heavy atom. The minimum absolute atomic E-state index is 0.120. The van der Waals surface area contributed by atoms with Gasteiger partial charge in [-0.2, -0.15) is 0 Å². The van der Waals surface area contributed by atoms with Crippen molar-refractivity contribution in [3.05, 3.63) is 69.5 Å². The van der Waals surface area contributed by atoms with Gasteiger partial charge in [0.1, 0.15) is 0 Å². The van der Waals surface area contributed by atoms with E-state index in [-0.39, 0.29) is 17.5 Å². The highest BCUT2D eigenvalue weighted by atomic mass is 35.5. The second-order valence-corrected chi connectivity index (χ2v) is 9.00. The molecule has 1 N–H and O–H groups in total. The lowest BCUT2D eigenvalue weighted by molar-refractivity contribution is -0.120. The molecule has 31 heavy (non-hydrogen) atoms. The van der Waals surface area contributed by atoms with Gasteiger partial charge in [0.15, 0.2) is 5.16 Å². The van der Waals surface area contributed by atoms with E-state index in [4.69, 9.17) is 16.3 Å². The SMILES string of the molecule is COCCCn1c(SC(C)C(=O)NC(C)c2ccccc2)nc2cc(Cl)ccc2c1=O. The summed E-state index contributed by atoms with van der Waals surface area (Å²) in [5, 5.41) is 4.09. The van der Waals surface area contributed by atoms with E-state index in [9.17, 15) is 9.59 Å². The average Bonchev–Trinajstić information content (AvgIpc) is 2.76. The number of aromatic nitrogens is 2. The summed E-state index contributed by atoms with van der Waals surface area (Å²) in [5.41, 5.74) is 1.40. The number of carbonyl (C=O) groups excluding carboxylic acids is 1. The summed E-state index contributed by atoms with van der Waals surface area (Å²) < 4.78 is 6.74. The second kappa shape index (κ2) is 10.8. The zero-order chi connectivity index (χ0) is 22.4. The Hall–Kier alpha value is -2.35. The van der Waals surface area contributed by atoms with E-state index in [0.29, 0.717) is 40.7 Å². The number of nitrogens with one attached hydrogen (secondary N) is 1. The molecular formula is C23H26ClN3O3S. The molecule has 1 amide bonds. The molecule has 6 nitrogen and oxygen atoms in total. The van der Waals surface area contributed by atoms with Gasteiger partial charge in [-0.25, -0.2) is 4.98 Å². The van der Waals surface area contributed by atoms with Crippen LogP contribution in [0.5, 0.6) is 0 Å². The first-order valence-electron chi connectivity index (χ1n) is 10.1. The number of fused-ring (bicyclic) bond motifs is 1. The van der Waals surface area contributed by atoms with Crippen molar-refractivity contribution in [2.24, 2.45) is 0 Å². The number of hydrogen-bond donors (Lipinski definition) is 1. The topological polar surface area (TPSA) is 73.2 Å². The molecule has 0 aliphatic heterocycles. The maximum absolute atomic E-state index is 13.1. The van der Waals surface area contributed by atoms with Crippen LogP contribution in [-0.2, 0) is 16.1 Å². The molecule has 2 aromatic carbocycles. The molecular weight excluding hydrogens is 434 g/mol. The van der Waals surface area contributed by atoms with Crippen molar-refractivity contribution >= 4 is 40.2 Å². The number of amides is 1. The molecule has 0 spiro atoms. The maximum atomic E-state index is 13.1. The molecule has 2 atom stereocenters. The molecule has 1 heterocycles. The van der Waals surface area contributed by atoms with E-state index in [1.165, 1.54) is 11.8 Å². The van der Waals surface area contributed by atoms with Crippen LogP contribution in [0.4, 0.5) is 0 Å². The van der Waals surface area contributed by atoms with E-state index in [1.807, 2.05) is 44.2 Å². The Morgan fingerprint density at radius 2 is 1.97 bits per heavy atom. The number of ether oxygens (including phenoxy) is 1. The van der Waals surface area contributed by atoms with Gasteiger partial charge < -0.3 is 10.1 Å². The number of methoxy groups -OCH3 is 1. The summed E-state index contributed by atoms with van der Waals surface area (Å²) in [6, 6.07) is 14.7. The lowest BCUT2D eigenvalue weighted by Gasteiger charge is -2.19. The zero-order valence-corrected chi connectivity index (χ0v) is 19.4. The summed E-state index contributed by atoms with van der Waals surface area (Å²) in [6.45, 7) is 4.74. The van der Waals surface area contributed by atoms with Crippen molar-refractivity contribution in [1.82, 2.24) is 14.9 Å². The Balaban J connectivity index is 1.84. The molecule has 0 fully saturated rings. The van der Waals surface area contributed by atoms with E-state index in [0.717, 1.165) is 5.56 Å². The first-order chi connectivity index (χ1) is 14.9. The number of thioether (sulfide) groups is 1. The zero-order valence-electron chi connectivity index (χ0n) is 17.8. The second-order valence-electron chi connectivity index (χ2n) is 7.26. The highest BCUT2D eigenvalue weighted by Gasteiger charge is 2.21. The minimum Gasteiger partial charge on any atom is -0.385 e. The van der Waals surface area contributed by atoms with Crippen LogP contribution in [0.15, 0.2) is 58.5 Å². The van der Waals surface area contributed by atoms with Gasteiger partial charge in [0.25, 0.3) is 5.56 Å². The highest BCUT2D eigenvalue weighted by Crippen LogP contribution is 2.25. The van der Waals surface area contributed by atoms with Gasteiger partial charge >= 0.3 is 0 Å². The summed E-state index contributed by atoms with van der Waals surface area (Å²) in [4.78, 5) is 30.6. The highest BCUT2D eigenvalue weighted by molar-refractivity contribution is 8.00. The smallest absolute Gasteiger partial charge is 0.262 e. The summed E-state index contributed by atoms with van der Waals surface area (Å²) in [6.07, 6.45) is 0.663. The normalized spacial score (nSPS) is 13.2. The number of hydrogen-bond acceptors (Lipinski definition) is 5. The Kier molecular flexibility index (Phi) is 8.12. The maximum Gasteiger partial charge on any atom is 0.262 e. The predicted molar refractivity (Wildman–Crippen MR) is 126 cm³/mol. The Labute approximate surface area is 191 Å². The van der Waals surface area contributed by atoms with Crippen LogP contribution in [0, 0.1) is 0 Å². The molecule has 1 aromatic heterocycles. The van der Waals surface area contributed by atoms with Gasteiger partial charge in [-0.15, -0.1) is 0 Å². The van der Waals surface area contributed by atoms with Crippen LogP contribution in [0.25, 0.3) is 10.9 Å². The first kappa shape index (κ1) is 23.3. The number of rotatable bonds is 9. The quantitative estimate of drug-likeness (QED) is 0.291. The van der Waals surface area contributed by atoms with Crippen LogP contribution < -0.4 is 10.9 Å². The fraction of sp³-hybridized carbons (Fsp3) is 0.348. The van der Waals surface area contributed by atoms with Crippen LogP contribution in [0.1, 0.15) is 31.9 Å². The fourth-order valence-electron chi connectivity index (χ4n) is 3.20. The van der Waals surface area contributed by atoms with Crippen LogP contribution in [-0.4, -0.2) is 34.4 Å². The standard InChI is InChI=1S/C23H26ClN3O3S/c1-15(17-8-5-4-6-9-17)25-21(28)16(2)31-23-26-20-14-18(24)10-11-19(20)22(29)27(23)12-7-13-30-3/h4-6,8-11,14-16H,7,12-13H2,1-3H3,(H,25,28). The predicted octanol–water partition coefficient (Wildman–Crippen LogP) is 4.44. The van der Waals surface area contributed by atoms with Crippen molar-refractivity contribution in [3.63, 3.8) is 0 Å². The summed E-state index contributed by atoms with van der Waals surface area (Å²) in [7, 11) is 1.62. The van der Waals surface area contributed by atoms with Crippen molar-refractivity contribution in [2.75, 3.05) is 13.7 Å². The van der Waals surface area contributed by atoms with Gasteiger partial charge in [0.2, 0.25) is 5.91 Å². The largest absolute Gasteiger partial charge is 0.385 e. The lowest BCUT2D eigenvalue weighted by Crippen LogP contribution is -2.34. The lowest BCUT2D eigenvalue weighted by atomic mass is 10.1. The van der Waals surface area contributed by atoms with Crippen LogP contribution >= 0.6 is 23.4 Å². The number of nitrogens with zero attached hydrogens (tertiary/aromatic N) is 2. The minimum atomic E-state index is -0.441. The average molecular weight is 460 g/mol. The molecule has 0 saturated heterocycles. The Morgan fingerprint density at radius 1 is 1.23 bits per heavy atom. The van der Waals surface area contributed by atoms with Crippen molar-refractivity contribution in [2.45, 2.75) is 43.3 Å². The molecule has 3 aromatic rings. The fourth-order valence-corrected chi connectivity index (χ4v) is 4.31. The van der Waals surface area contributed by atoms with Gasteiger partial charge in [0, 0.05) is 25.3 Å². The van der Waals surface area contributed by atoms with E-state index in [2.05, 4.69) is 10.3 Å². The van der Waals surface area contributed by atoms with E-state index in [1.54, 1.807) is 29.9 Å². The number of halogens is 1. The van der Waals surface area contributed by atoms with Gasteiger partial charge in [0.05, 0.1) is 22.2 Å². The molecule has 0 bridgehead atoms. The van der Waals surface area contributed by atoms with E-state index < -0.39 is 5.25 Å². The number of benzene rings is 2. The monoisotopic (exact) mass is 459 g/mol. The third-order valence-corrected chi connectivity index (χ3v) is 6.25. The molecule has 0 aliphatic rings. The van der Waals surface area contributed by atoms with Crippen LogP contribution in [0.2, 0.25) is 5.02 Å². The van der Waals surface area contributed by atoms with Gasteiger partial charge in [-0.05, 0) is 44.0 Å². The van der Waals surface area contributed by atoms with Crippen molar-refractivity contribution < 1.29 is 9.53 Å². The molecule has 2 unspecified atom stereocenters. The molecule has 0 saturated carbocycles. The third kappa shape index (κ3) is 5.87. The molecule has 164 valence electrons. The van der Waals surface area contributed by atoms with Gasteiger partial charge in [-0.3, -0.25) is 14.2 Å². The van der Waals surface area contributed by atoms with Crippen molar-refractivity contribution in [3.8, 4) is 0 Å². The van der Waals surface area contributed by atoms with E-state index >= 15 is 0 Å². The Bertz CT molecular complexity index is 1100. The summed E-state index contributed by atoms with van der Waals surface area (Å²) in [5.74, 6) is -0.120. The molecule has 0 aliphatic carbocycles. The summed E-state index contributed by atoms with van der Waals surface area (Å²) >= 11 is 7.37. The van der Waals surface area contributed by atoms with Crippen molar-refractivity contribution in [1.29, 1.82) is 0 Å². The first-order valence-corrected chi connectivity index (χ1v) is 11.4. The third-order valence-electron chi connectivity index (χ3n) is 4.92.